The topological polar surface area (TPSA) is 107 Å². The monoisotopic (exact) mass is 558 g/mol. The highest BCUT2D eigenvalue weighted by atomic mass is 32.1. The Kier molecular flexibility index (Phi) is 6.22. The maximum Gasteiger partial charge on any atom is 0.342 e. The minimum absolute atomic E-state index is 0.240. The van der Waals surface area contributed by atoms with E-state index in [1.165, 1.54) is 0 Å². The molecule has 1 aliphatic rings. The molecule has 0 spiro atoms. The van der Waals surface area contributed by atoms with Gasteiger partial charge in [0.15, 0.2) is 0 Å². The van der Waals surface area contributed by atoms with Crippen LogP contribution in [0.15, 0.2) is 109 Å². The molecule has 0 saturated heterocycles. The first-order chi connectivity index (χ1) is 20.1. The summed E-state index contributed by atoms with van der Waals surface area (Å²) in [7, 11) is 0. The number of aliphatic hydroxyl groups is 1. The lowest BCUT2D eigenvalue weighted by molar-refractivity contribution is -0.185. The number of carbonyl (C=O) groups excluding carboxylic acids is 1. The SMILES string of the molecule is O=C1OC(O)(c2ccc(OCc3ccccc3)cc2)C(Cc2ccc3nccnc3c2)=C1c1ccc2nsnc2c1. The van der Waals surface area contributed by atoms with Crippen molar-refractivity contribution in [2.24, 2.45) is 0 Å². The quantitative estimate of drug-likeness (QED) is 0.252. The van der Waals surface area contributed by atoms with Crippen molar-refractivity contribution < 1.29 is 19.4 Å². The van der Waals surface area contributed by atoms with Gasteiger partial charge < -0.3 is 14.6 Å². The fourth-order valence-electron chi connectivity index (χ4n) is 5.05. The van der Waals surface area contributed by atoms with Crippen LogP contribution in [0, 0.1) is 0 Å². The fourth-order valence-corrected chi connectivity index (χ4v) is 5.57. The number of nitrogens with zero attached hydrogens (tertiary/aromatic N) is 4. The lowest BCUT2D eigenvalue weighted by Gasteiger charge is -2.26. The molecule has 0 aliphatic carbocycles. The van der Waals surface area contributed by atoms with Crippen LogP contribution in [-0.2, 0) is 28.3 Å². The van der Waals surface area contributed by atoms with Gasteiger partial charge in [-0.2, -0.15) is 8.75 Å². The molecule has 0 saturated carbocycles. The number of ether oxygens (including phenoxy) is 2. The number of cyclic esters (lactones) is 1. The molecule has 1 N–H and O–H groups in total. The Morgan fingerprint density at radius 1 is 0.780 bits per heavy atom. The minimum atomic E-state index is -1.99. The summed E-state index contributed by atoms with van der Waals surface area (Å²) < 4.78 is 20.3. The standard InChI is InChI=1S/C32H22N4O4S/c37-31-30(22-7-13-27-29(18-22)36-41-35-27)25(16-21-6-12-26-28(17-21)34-15-14-33-26)32(38,40-31)23-8-10-24(11-9-23)39-19-20-4-2-1-3-5-20/h1-15,17-18,38H,16,19H2. The lowest BCUT2D eigenvalue weighted by Crippen LogP contribution is -2.29. The predicted molar refractivity (Wildman–Crippen MR) is 155 cm³/mol. The molecular formula is C32H22N4O4S. The summed E-state index contributed by atoms with van der Waals surface area (Å²) in [5.41, 5.74) is 6.51. The van der Waals surface area contributed by atoms with E-state index in [0.717, 1.165) is 39.4 Å². The first kappa shape index (κ1) is 25.0. The second-order valence-electron chi connectivity index (χ2n) is 9.71. The number of rotatable bonds is 7. The molecule has 0 fully saturated rings. The summed E-state index contributed by atoms with van der Waals surface area (Å²) in [6, 6.07) is 27.9. The molecule has 3 heterocycles. The Morgan fingerprint density at radius 3 is 2.37 bits per heavy atom. The summed E-state index contributed by atoms with van der Waals surface area (Å²) in [5, 5.41) is 12.1. The smallest absolute Gasteiger partial charge is 0.342 e. The fraction of sp³-hybridized carbons (Fsp3) is 0.0938. The first-order valence-corrected chi connectivity index (χ1v) is 13.7. The maximum absolute atomic E-state index is 13.5. The summed E-state index contributed by atoms with van der Waals surface area (Å²) in [4.78, 5) is 22.2. The number of hydrogen-bond acceptors (Lipinski definition) is 9. The molecule has 1 atom stereocenters. The second-order valence-corrected chi connectivity index (χ2v) is 10.2. The number of carbonyl (C=O) groups is 1. The third-order valence-electron chi connectivity index (χ3n) is 7.11. The first-order valence-electron chi connectivity index (χ1n) is 13.0. The molecule has 1 unspecified atom stereocenters. The van der Waals surface area contributed by atoms with Crippen molar-refractivity contribution in [1.82, 2.24) is 18.7 Å². The van der Waals surface area contributed by atoms with Gasteiger partial charge in [0.25, 0.3) is 5.79 Å². The van der Waals surface area contributed by atoms with Gasteiger partial charge in [-0.1, -0.05) is 42.5 Å². The molecule has 9 heteroatoms. The molecule has 200 valence electrons. The predicted octanol–water partition coefficient (Wildman–Crippen LogP) is 5.61. The Labute approximate surface area is 238 Å². The minimum Gasteiger partial charge on any atom is -0.489 e. The average Bonchev–Trinajstić information content (AvgIpc) is 3.58. The number of benzene rings is 4. The van der Waals surface area contributed by atoms with Gasteiger partial charge in [-0.25, -0.2) is 4.79 Å². The third kappa shape index (κ3) is 4.71. The van der Waals surface area contributed by atoms with Crippen LogP contribution in [0.2, 0.25) is 0 Å². The van der Waals surface area contributed by atoms with Crippen LogP contribution in [0.4, 0.5) is 0 Å². The average molecular weight is 559 g/mol. The van der Waals surface area contributed by atoms with Crippen LogP contribution in [0.25, 0.3) is 27.6 Å². The summed E-state index contributed by atoms with van der Waals surface area (Å²) >= 11 is 1.10. The Morgan fingerprint density at radius 2 is 1.54 bits per heavy atom. The van der Waals surface area contributed by atoms with Crippen molar-refractivity contribution in [3.05, 3.63) is 131 Å². The van der Waals surface area contributed by atoms with E-state index in [9.17, 15) is 9.90 Å². The number of hydrogen-bond donors (Lipinski definition) is 1. The molecule has 4 aromatic carbocycles. The maximum atomic E-state index is 13.5. The van der Waals surface area contributed by atoms with Crippen molar-refractivity contribution in [3.8, 4) is 5.75 Å². The van der Waals surface area contributed by atoms with E-state index in [-0.39, 0.29) is 6.42 Å². The van der Waals surface area contributed by atoms with Gasteiger partial charge in [0.05, 0.1) is 28.3 Å². The van der Waals surface area contributed by atoms with Gasteiger partial charge in [0.2, 0.25) is 0 Å². The molecule has 8 nitrogen and oxygen atoms in total. The molecule has 0 amide bonds. The van der Waals surface area contributed by atoms with E-state index in [1.807, 2.05) is 54.6 Å². The van der Waals surface area contributed by atoms with Crippen molar-refractivity contribution >= 4 is 45.3 Å². The van der Waals surface area contributed by atoms with Crippen molar-refractivity contribution in [1.29, 1.82) is 0 Å². The van der Waals surface area contributed by atoms with E-state index in [2.05, 4.69) is 18.7 Å². The zero-order valence-corrected chi connectivity index (χ0v) is 22.4. The normalized spacial score (nSPS) is 16.9. The zero-order valence-electron chi connectivity index (χ0n) is 21.6. The molecular weight excluding hydrogens is 536 g/mol. The second kappa shape index (κ2) is 10.2. The molecule has 0 bridgehead atoms. The Hall–Kier alpha value is -4.99. The van der Waals surface area contributed by atoms with Gasteiger partial charge in [0.1, 0.15) is 23.4 Å². The van der Waals surface area contributed by atoms with Gasteiger partial charge in [0, 0.05) is 30.0 Å². The van der Waals surface area contributed by atoms with E-state index in [1.54, 1.807) is 48.8 Å². The molecule has 6 aromatic rings. The van der Waals surface area contributed by atoms with Crippen molar-refractivity contribution in [3.63, 3.8) is 0 Å². The highest BCUT2D eigenvalue weighted by molar-refractivity contribution is 7.00. The van der Waals surface area contributed by atoms with Crippen LogP contribution in [0.1, 0.15) is 22.3 Å². The van der Waals surface area contributed by atoms with E-state index < -0.39 is 11.8 Å². The van der Waals surface area contributed by atoms with E-state index >= 15 is 0 Å². The molecule has 1 aliphatic heterocycles. The molecule has 41 heavy (non-hydrogen) atoms. The van der Waals surface area contributed by atoms with Gasteiger partial charge in [-0.05, 0) is 65.2 Å². The summed E-state index contributed by atoms with van der Waals surface area (Å²) in [5.74, 6) is -1.97. The van der Waals surface area contributed by atoms with Gasteiger partial charge in [-0.3, -0.25) is 9.97 Å². The van der Waals surface area contributed by atoms with Gasteiger partial charge >= 0.3 is 5.97 Å². The van der Waals surface area contributed by atoms with Crippen LogP contribution in [-0.4, -0.2) is 29.8 Å². The van der Waals surface area contributed by atoms with Gasteiger partial charge in [-0.15, -0.1) is 0 Å². The van der Waals surface area contributed by atoms with Crippen LogP contribution in [0.3, 0.4) is 0 Å². The Balaban J connectivity index is 1.28. The van der Waals surface area contributed by atoms with E-state index in [4.69, 9.17) is 9.47 Å². The molecule has 2 aromatic heterocycles. The van der Waals surface area contributed by atoms with Crippen molar-refractivity contribution in [2.45, 2.75) is 18.8 Å². The molecule has 0 radical (unpaired) electrons. The summed E-state index contributed by atoms with van der Waals surface area (Å²) in [6.07, 6.45) is 3.51. The highest BCUT2D eigenvalue weighted by Gasteiger charge is 2.48. The highest BCUT2D eigenvalue weighted by Crippen LogP contribution is 2.45. The van der Waals surface area contributed by atoms with E-state index in [0.29, 0.717) is 40.1 Å². The zero-order chi connectivity index (χ0) is 27.8. The largest absolute Gasteiger partial charge is 0.489 e. The number of aromatic nitrogens is 4. The van der Waals surface area contributed by atoms with Crippen molar-refractivity contribution in [2.75, 3.05) is 0 Å². The number of esters is 1. The lowest BCUT2D eigenvalue weighted by atomic mass is 9.88. The van der Waals surface area contributed by atoms with Crippen LogP contribution >= 0.6 is 11.7 Å². The molecule has 7 rings (SSSR count). The Bertz CT molecular complexity index is 1940. The summed E-state index contributed by atoms with van der Waals surface area (Å²) in [6.45, 7) is 0.410. The van der Waals surface area contributed by atoms with Crippen LogP contribution < -0.4 is 4.74 Å². The van der Waals surface area contributed by atoms with Crippen LogP contribution in [0.5, 0.6) is 5.75 Å². The number of fused-ring (bicyclic) bond motifs is 2. The third-order valence-corrected chi connectivity index (χ3v) is 7.66.